The predicted octanol–water partition coefficient (Wildman–Crippen LogP) is 0.394. The number of aromatic nitrogens is 2. The summed E-state index contributed by atoms with van der Waals surface area (Å²) < 4.78 is 10.4. The van der Waals surface area contributed by atoms with Crippen LogP contribution >= 0.6 is 0 Å². The Bertz CT molecular complexity index is 1080. The molecule has 1 aliphatic rings. The van der Waals surface area contributed by atoms with Crippen molar-refractivity contribution < 1.29 is 29.3 Å². The number of ether oxygens (including phenoxy) is 2. The normalized spacial score (nSPS) is 17.9. The molecule has 1 atom stereocenters. The van der Waals surface area contributed by atoms with Crippen LogP contribution in [0.5, 0.6) is 5.88 Å². The van der Waals surface area contributed by atoms with Crippen LogP contribution in [0.3, 0.4) is 0 Å². The first kappa shape index (κ1) is 22.0. The van der Waals surface area contributed by atoms with E-state index in [2.05, 4.69) is 21.8 Å². The molecule has 0 bridgehead atoms. The summed E-state index contributed by atoms with van der Waals surface area (Å²) in [5.41, 5.74) is 4.51. The highest BCUT2D eigenvalue weighted by Crippen LogP contribution is 2.27. The third-order valence-corrected chi connectivity index (χ3v) is 4.68. The number of carboxylic acids is 1. The maximum atomic E-state index is 12.1. The molecule has 2 aromatic rings. The fraction of sp³-hybridized carbons (Fsp3) is 0.333. The number of aromatic carboxylic acids is 1. The van der Waals surface area contributed by atoms with Crippen LogP contribution in [0, 0.1) is 11.8 Å². The summed E-state index contributed by atoms with van der Waals surface area (Å²) in [6.07, 6.45) is 0.222. The van der Waals surface area contributed by atoms with Gasteiger partial charge in [-0.1, -0.05) is 24.0 Å². The maximum Gasteiger partial charge on any atom is 0.356 e. The fourth-order valence-electron chi connectivity index (χ4n) is 2.95. The van der Waals surface area contributed by atoms with E-state index in [1.165, 1.54) is 12.0 Å². The third kappa shape index (κ3) is 4.74. The highest BCUT2D eigenvalue weighted by Gasteiger charge is 2.42. The summed E-state index contributed by atoms with van der Waals surface area (Å²) in [5, 5.41) is 19.9. The smallest absolute Gasteiger partial charge is 0.356 e. The molecule has 1 aromatic heterocycles. The largest absolute Gasteiger partial charge is 0.476 e. The van der Waals surface area contributed by atoms with Crippen molar-refractivity contribution in [1.82, 2.24) is 14.9 Å². The van der Waals surface area contributed by atoms with Crippen LogP contribution in [0.1, 0.15) is 22.5 Å². The Labute approximate surface area is 178 Å². The molecule has 1 fully saturated rings. The molecule has 1 saturated heterocycles. The molecule has 0 saturated carbocycles. The van der Waals surface area contributed by atoms with Crippen molar-refractivity contribution in [3.05, 3.63) is 35.5 Å². The average Bonchev–Trinajstić information content (AvgIpc) is 3.01. The second-order valence-corrected chi connectivity index (χ2v) is 6.93. The van der Waals surface area contributed by atoms with Crippen molar-refractivity contribution >= 4 is 17.6 Å². The Morgan fingerprint density at radius 1 is 1.35 bits per heavy atom. The van der Waals surface area contributed by atoms with Crippen LogP contribution in [-0.2, 0) is 9.53 Å². The fourth-order valence-corrected chi connectivity index (χ4v) is 2.95. The SMILES string of the molecule is COCCOc1nc(-c2cccc(C#C[C@]3(O)CCN(C)C3=O)c2)nc(C(=O)O)c1N. The highest BCUT2D eigenvalue weighted by atomic mass is 16.5. The van der Waals surface area contributed by atoms with Gasteiger partial charge in [-0.3, -0.25) is 4.79 Å². The van der Waals surface area contributed by atoms with E-state index in [9.17, 15) is 19.8 Å². The number of benzene rings is 1. The second-order valence-electron chi connectivity index (χ2n) is 6.93. The van der Waals surface area contributed by atoms with Gasteiger partial charge in [0.05, 0.1) is 6.61 Å². The number of hydrogen-bond acceptors (Lipinski definition) is 8. The van der Waals surface area contributed by atoms with Gasteiger partial charge in [0.1, 0.15) is 12.3 Å². The molecule has 1 aliphatic heterocycles. The van der Waals surface area contributed by atoms with Crippen molar-refractivity contribution in [2.24, 2.45) is 0 Å². The van der Waals surface area contributed by atoms with Crippen LogP contribution in [0.25, 0.3) is 11.4 Å². The lowest BCUT2D eigenvalue weighted by Gasteiger charge is -2.13. The number of rotatable bonds is 6. The summed E-state index contributed by atoms with van der Waals surface area (Å²) in [7, 11) is 3.11. The van der Waals surface area contributed by atoms with E-state index >= 15 is 0 Å². The molecule has 4 N–H and O–H groups in total. The second kappa shape index (κ2) is 8.99. The number of nitrogens with zero attached hydrogens (tertiary/aromatic N) is 3. The first-order valence-corrected chi connectivity index (χ1v) is 9.39. The molecule has 1 aromatic carbocycles. The van der Waals surface area contributed by atoms with E-state index in [0.717, 1.165) is 0 Å². The van der Waals surface area contributed by atoms with Gasteiger partial charge in [-0.05, 0) is 12.1 Å². The molecule has 1 amide bonds. The topological polar surface area (TPSA) is 148 Å². The van der Waals surface area contributed by atoms with Gasteiger partial charge >= 0.3 is 5.97 Å². The number of amides is 1. The van der Waals surface area contributed by atoms with Crippen molar-refractivity contribution in [2.75, 3.05) is 39.6 Å². The molecule has 0 spiro atoms. The third-order valence-electron chi connectivity index (χ3n) is 4.68. The number of carboxylic acid groups (broad SMARTS) is 1. The Morgan fingerprint density at radius 3 is 2.77 bits per heavy atom. The molecule has 0 aliphatic carbocycles. The predicted molar refractivity (Wildman–Crippen MR) is 110 cm³/mol. The number of carbonyl (C=O) groups excluding carboxylic acids is 1. The van der Waals surface area contributed by atoms with E-state index in [4.69, 9.17) is 15.2 Å². The van der Waals surface area contributed by atoms with Crippen molar-refractivity contribution in [3.63, 3.8) is 0 Å². The Morgan fingerprint density at radius 2 is 2.13 bits per heavy atom. The molecule has 10 heteroatoms. The van der Waals surface area contributed by atoms with E-state index < -0.39 is 17.5 Å². The molecule has 2 heterocycles. The Kier molecular flexibility index (Phi) is 6.39. The number of methoxy groups -OCH3 is 1. The minimum Gasteiger partial charge on any atom is -0.476 e. The Hall–Kier alpha value is -3.68. The van der Waals surface area contributed by atoms with Crippen LogP contribution in [0.2, 0.25) is 0 Å². The summed E-state index contributed by atoms with van der Waals surface area (Å²) in [6, 6.07) is 6.66. The lowest BCUT2D eigenvalue weighted by molar-refractivity contribution is -0.137. The zero-order valence-corrected chi connectivity index (χ0v) is 17.1. The van der Waals surface area contributed by atoms with Crippen LogP contribution in [0.15, 0.2) is 24.3 Å². The van der Waals surface area contributed by atoms with Crippen molar-refractivity contribution in [1.29, 1.82) is 0 Å². The molecule has 31 heavy (non-hydrogen) atoms. The molecular weight excluding hydrogens is 404 g/mol. The number of likely N-dealkylation sites (N-methyl/N-ethyl adjacent to an activating group) is 1. The maximum absolute atomic E-state index is 12.1. The average molecular weight is 426 g/mol. The number of carbonyl (C=O) groups is 2. The number of likely N-dealkylation sites (tertiary alicyclic amines) is 1. The minimum atomic E-state index is -1.72. The van der Waals surface area contributed by atoms with Gasteiger partial charge in [-0.15, -0.1) is 0 Å². The zero-order valence-electron chi connectivity index (χ0n) is 17.1. The summed E-state index contributed by atoms with van der Waals surface area (Å²) in [4.78, 5) is 33.3. The van der Waals surface area contributed by atoms with Crippen molar-refractivity contribution in [2.45, 2.75) is 12.0 Å². The number of nitrogen functional groups attached to an aromatic ring is 1. The first-order valence-electron chi connectivity index (χ1n) is 9.39. The molecule has 0 unspecified atom stereocenters. The monoisotopic (exact) mass is 426 g/mol. The first-order chi connectivity index (χ1) is 14.7. The quantitative estimate of drug-likeness (QED) is 0.441. The van der Waals surface area contributed by atoms with Crippen molar-refractivity contribution in [3.8, 4) is 29.1 Å². The minimum absolute atomic E-state index is 0.0650. The highest BCUT2D eigenvalue weighted by molar-refractivity contribution is 5.93. The lowest BCUT2D eigenvalue weighted by atomic mass is 10.0. The number of nitrogens with two attached hydrogens (primary N) is 1. The van der Waals surface area contributed by atoms with Gasteiger partial charge in [0.15, 0.2) is 11.5 Å². The van der Waals surface area contributed by atoms with Gasteiger partial charge in [0.25, 0.3) is 5.91 Å². The van der Waals surface area contributed by atoms with Crippen LogP contribution in [0.4, 0.5) is 5.69 Å². The van der Waals surface area contributed by atoms with E-state index in [-0.39, 0.29) is 42.7 Å². The molecular formula is C21H22N4O6. The van der Waals surface area contributed by atoms with Gasteiger partial charge in [-0.25, -0.2) is 9.78 Å². The summed E-state index contributed by atoms with van der Waals surface area (Å²) in [5.74, 6) is 3.69. The van der Waals surface area contributed by atoms with E-state index in [0.29, 0.717) is 17.7 Å². The van der Waals surface area contributed by atoms with Gasteiger partial charge < -0.3 is 30.3 Å². The van der Waals surface area contributed by atoms with E-state index in [1.54, 1.807) is 31.3 Å². The summed E-state index contributed by atoms with van der Waals surface area (Å²) >= 11 is 0. The molecule has 3 rings (SSSR count). The molecule has 0 radical (unpaired) electrons. The molecule has 10 nitrogen and oxygen atoms in total. The van der Waals surface area contributed by atoms with Crippen LogP contribution < -0.4 is 10.5 Å². The number of anilines is 1. The standard InChI is InChI=1S/C21H22N4O6/c1-25-9-8-21(29,20(25)28)7-6-13-4-3-5-14(12-13)17-23-16(19(26)27)15(22)18(24-17)31-11-10-30-2/h3-5,12,29H,8-11,22H2,1-2H3,(H,26,27)/t21-/m0/s1. The zero-order chi connectivity index (χ0) is 22.6. The van der Waals surface area contributed by atoms with Crippen LogP contribution in [-0.4, -0.2) is 76.5 Å². The van der Waals surface area contributed by atoms with Gasteiger partial charge in [0.2, 0.25) is 11.5 Å². The Balaban J connectivity index is 1.96. The number of hydrogen-bond donors (Lipinski definition) is 3. The van der Waals surface area contributed by atoms with Gasteiger partial charge in [-0.2, -0.15) is 4.98 Å². The van der Waals surface area contributed by atoms with Gasteiger partial charge in [0, 0.05) is 38.2 Å². The van der Waals surface area contributed by atoms with E-state index in [1.807, 2.05) is 0 Å². The number of aliphatic hydroxyl groups is 1. The molecule has 162 valence electrons. The summed E-state index contributed by atoms with van der Waals surface area (Å²) in [6.45, 7) is 0.818. The lowest BCUT2D eigenvalue weighted by Crippen LogP contribution is -2.37.